The second-order valence-corrected chi connectivity index (χ2v) is 11.8. The Balaban J connectivity index is 1.83. The molecule has 3 aromatic rings. The van der Waals surface area contributed by atoms with E-state index >= 15 is 0 Å². The van der Waals surface area contributed by atoms with Gasteiger partial charge in [0.1, 0.15) is 0 Å². The number of carbonyl (C=O) groups is 1. The van der Waals surface area contributed by atoms with Crippen molar-refractivity contribution in [3.05, 3.63) is 75.4 Å². The molecule has 0 aliphatic heterocycles. The Hall–Kier alpha value is -2.40. The van der Waals surface area contributed by atoms with Crippen molar-refractivity contribution < 1.29 is 21.6 Å². The fourth-order valence-corrected chi connectivity index (χ4v) is 5.37. The molecule has 0 aliphatic rings. The van der Waals surface area contributed by atoms with Gasteiger partial charge in [-0.05, 0) is 60.8 Å². The molecule has 0 spiro atoms. The Bertz CT molecular complexity index is 1300. The van der Waals surface area contributed by atoms with E-state index in [4.69, 9.17) is 11.6 Å². The summed E-state index contributed by atoms with van der Waals surface area (Å²) in [6.07, 6.45) is 1.06. The first-order valence-corrected chi connectivity index (χ1v) is 13.6. The zero-order chi connectivity index (χ0) is 22.8. The smallest absolute Gasteiger partial charge is 0.261 e. The molecule has 0 bridgehead atoms. The number of hydrogen-bond acceptors (Lipinski definition) is 6. The van der Waals surface area contributed by atoms with Crippen LogP contribution in [0.3, 0.4) is 0 Å². The molecule has 1 amide bonds. The normalized spacial score (nSPS) is 12.9. The molecule has 0 radical (unpaired) electrons. The van der Waals surface area contributed by atoms with Crippen LogP contribution >= 0.6 is 22.9 Å². The van der Waals surface area contributed by atoms with E-state index in [0.717, 1.165) is 11.1 Å². The minimum atomic E-state index is -4.04. The fourth-order valence-electron chi connectivity index (χ4n) is 2.71. The first-order valence-electron chi connectivity index (χ1n) is 8.94. The van der Waals surface area contributed by atoms with Gasteiger partial charge in [-0.1, -0.05) is 17.7 Å². The van der Waals surface area contributed by atoms with Crippen LogP contribution in [0.25, 0.3) is 0 Å². The first-order chi connectivity index (χ1) is 14.5. The molecular weight excluding hydrogens is 480 g/mol. The Kier molecular flexibility index (Phi) is 6.75. The number of anilines is 1. The highest BCUT2D eigenvalue weighted by Gasteiger charge is 2.21. The van der Waals surface area contributed by atoms with E-state index in [1.165, 1.54) is 53.8 Å². The van der Waals surface area contributed by atoms with Crippen LogP contribution in [0.2, 0.25) is 5.02 Å². The average Bonchev–Trinajstić information content (AvgIpc) is 3.22. The summed E-state index contributed by atoms with van der Waals surface area (Å²) in [4.78, 5) is 13.5. The summed E-state index contributed by atoms with van der Waals surface area (Å²) in [6, 6.07) is 12.6. The van der Waals surface area contributed by atoms with Crippen molar-refractivity contribution in [3.63, 3.8) is 0 Å². The number of hydrogen-bond donors (Lipinski definition) is 2. The minimum absolute atomic E-state index is 0.0281. The van der Waals surface area contributed by atoms with Gasteiger partial charge in [0.2, 0.25) is 0 Å². The number of amides is 1. The van der Waals surface area contributed by atoms with Crippen LogP contribution in [0.4, 0.5) is 5.69 Å². The Morgan fingerprint density at radius 2 is 1.65 bits per heavy atom. The molecule has 1 atom stereocenters. The SMILES string of the molecule is CC(NC(=O)c1cc(S(=O)(=O)Nc2ccc(S(C)(=O)=O)cc2)ccc1Cl)c1cccs1. The van der Waals surface area contributed by atoms with Crippen molar-refractivity contribution in [1.29, 1.82) is 0 Å². The molecule has 2 N–H and O–H groups in total. The van der Waals surface area contributed by atoms with Crippen molar-refractivity contribution in [2.75, 3.05) is 11.0 Å². The molecule has 0 fully saturated rings. The molecule has 1 heterocycles. The predicted octanol–water partition coefficient (Wildman–Crippen LogP) is 4.10. The van der Waals surface area contributed by atoms with Gasteiger partial charge in [0.25, 0.3) is 15.9 Å². The quantitative estimate of drug-likeness (QED) is 0.509. The van der Waals surface area contributed by atoms with E-state index in [1.807, 2.05) is 24.4 Å². The molecule has 0 saturated heterocycles. The summed E-state index contributed by atoms with van der Waals surface area (Å²) in [6.45, 7) is 1.82. The molecule has 11 heteroatoms. The maximum Gasteiger partial charge on any atom is 0.261 e. The standard InChI is InChI=1S/C20H19ClN2O5S3/c1-13(19-4-3-11-29-19)22-20(24)17-12-16(9-10-18(17)21)31(27,28)23-14-5-7-15(8-6-14)30(2,25)26/h3-13,23H,1-2H3,(H,22,24). The number of thiophene rings is 1. The summed E-state index contributed by atoms with van der Waals surface area (Å²) >= 11 is 7.63. The predicted molar refractivity (Wildman–Crippen MR) is 122 cm³/mol. The zero-order valence-electron chi connectivity index (χ0n) is 16.5. The van der Waals surface area contributed by atoms with Crippen LogP contribution in [-0.4, -0.2) is 29.0 Å². The lowest BCUT2D eigenvalue weighted by Gasteiger charge is -2.14. The summed E-state index contributed by atoms with van der Waals surface area (Å²) < 4.78 is 51.0. The number of carbonyl (C=O) groups excluding carboxylic acids is 1. The van der Waals surface area contributed by atoms with Crippen LogP contribution in [-0.2, 0) is 19.9 Å². The highest BCUT2D eigenvalue weighted by Crippen LogP contribution is 2.25. The zero-order valence-corrected chi connectivity index (χ0v) is 19.7. The number of sulfonamides is 1. The van der Waals surface area contributed by atoms with Gasteiger partial charge in [0.05, 0.1) is 26.4 Å². The molecule has 0 aliphatic carbocycles. The van der Waals surface area contributed by atoms with Gasteiger partial charge in [-0.15, -0.1) is 11.3 Å². The number of sulfone groups is 1. The highest BCUT2D eigenvalue weighted by atomic mass is 35.5. The number of benzene rings is 2. The topological polar surface area (TPSA) is 109 Å². The Labute approximate surface area is 190 Å². The molecule has 7 nitrogen and oxygen atoms in total. The minimum Gasteiger partial charge on any atom is -0.345 e. The van der Waals surface area contributed by atoms with Crippen molar-refractivity contribution >= 4 is 54.4 Å². The van der Waals surface area contributed by atoms with Crippen LogP contribution in [0.15, 0.2) is 69.8 Å². The van der Waals surface area contributed by atoms with Gasteiger partial charge in [0, 0.05) is 16.8 Å². The summed E-state index contributed by atoms with van der Waals surface area (Å²) in [5.41, 5.74) is 0.208. The summed E-state index contributed by atoms with van der Waals surface area (Å²) in [5, 5.41) is 4.82. The third kappa shape index (κ3) is 5.65. The van der Waals surface area contributed by atoms with Gasteiger partial charge in [-0.2, -0.15) is 0 Å². The summed E-state index contributed by atoms with van der Waals surface area (Å²) in [5.74, 6) is -0.500. The van der Waals surface area contributed by atoms with Crippen molar-refractivity contribution in [2.45, 2.75) is 22.8 Å². The van der Waals surface area contributed by atoms with E-state index in [2.05, 4.69) is 10.0 Å². The lowest BCUT2D eigenvalue weighted by Crippen LogP contribution is -2.26. The maximum absolute atomic E-state index is 12.8. The van der Waals surface area contributed by atoms with E-state index < -0.39 is 25.8 Å². The molecule has 164 valence electrons. The molecular formula is C20H19ClN2O5S3. The summed E-state index contributed by atoms with van der Waals surface area (Å²) in [7, 11) is -7.44. The largest absolute Gasteiger partial charge is 0.345 e. The van der Waals surface area contributed by atoms with Crippen LogP contribution in [0, 0.1) is 0 Å². The van der Waals surface area contributed by atoms with Crippen molar-refractivity contribution in [3.8, 4) is 0 Å². The van der Waals surface area contributed by atoms with Gasteiger partial charge in [0.15, 0.2) is 9.84 Å². The number of halogens is 1. The number of nitrogens with one attached hydrogen (secondary N) is 2. The van der Waals surface area contributed by atoms with Crippen LogP contribution < -0.4 is 10.0 Å². The molecule has 3 rings (SSSR count). The van der Waals surface area contributed by atoms with Gasteiger partial charge < -0.3 is 5.32 Å². The molecule has 0 saturated carbocycles. The van der Waals surface area contributed by atoms with Gasteiger partial charge in [-0.25, -0.2) is 16.8 Å². The van der Waals surface area contributed by atoms with E-state index in [0.29, 0.717) is 0 Å². The second kappa shape index (κ2) is 8.99. The number of rotatable bonds is 7. The van der Waals surface area contributed by atoms with Crippen LogP contribution in [0.1, 0.15) is 28.2 Å². The van der Waals surface area contributed by atoms with Crippen LogP contribution in [0.5, 0.6) is 0 Å². The first kappa shape index (κ1) is 23.3. The second-order valence-electron chi connectivity index (χ2n) is 6.75. The average molecular weight is 499 g/mol. The lowest BCUT2D eigenvalue weighted by atomic mass is 10.2. The molecule has 1 unspecified atom stereocenters. The third-order valence-electron chi connectivity index (χ3n) is 4.34. The van der Waals surface area contributed by atoms with E-state index in [1.54, 1.807) is 0 Å². The van der Waals surface area contributed by atoms with E-state index in [-0.39, 0.29) is 32.1 Å². The molecule has 31 heavy (non-hydrogen) atoms. The van der Waals surface area contributed by atoms with E-state index in [9.17, 15) is 21.6 Å². The Morgan fingerprint density at radius 1 is 1.00 bits per heavy atom. The van der Waals surface area contributed by atoms with Crippen molar-refractivity contribution in [1.82, 2.24) is 5.32 Å². The molecule has 1 aromatic heterocycles. The monoisotopic (exact) mass is 498 g/mol. The third-order valence-corrected chi connectivity index (χ3v) is 8.24. The Morgan fingerprint density at radius 3 is 2.23 bits per heavy atom. The van der Waals surface area contributed by atoms with Crippen molar-refractivity contribution in [2.24, 2.45) is 0 Å². The van der Waals surface area contributed by atoms with Gasteiger partial charge in [-0.3, -0.25) is 9.52 Å². The lowest BCUT2D eigenvalue weighted by molar-refractivity contribution is 0.0940. The molecule has 2 aromatic carbocycles. The fraction of sp³-hybridized carbons (Fsp3) is 0.150. The maximum atomic E-state index is 12.8. The highest BCUT2D eigenvalue weighted by molar-refractivity contribution is 7.92. The van der Waals surface area contributed by atoms with Gasteiger partial charge >= 0.3 is 0 Å².